The van der Waals surface area contributed by atoms with E-state index in [1.165, 1.54) is 9.17 Å². The van der Waals surface area contributed by atoms with Crippen LogP contribution >= 0.6 is 0 Å². The van der Waals surface area contributed by atoms with Gasteiger partial charge in [-0.05, 0) is 0 Å². The van der Waals surface area contributed by atoms with Crippen molar-refractivity contribution < 1.29 is 4.79 Å². The van der Waals surface area contributed by atoms with E-state index in [4.69, 9.17) is 0 Å². The Balaban J connectivity index is 2.11. The molecule has 80 valence electrons. The molecule has 2 aromatic rings. The van der Waals surface area contributed by atoms with Gasteiger partial charge in [-0.2, -0.15) is 0 Å². The summed E-state index contributed by atoms with van der Waals surface area (Å²) in [5, 5.41) is 0. The topological polar surface area (TPSA) is 17.1 Å². The van der Waals surface area contributed by atoms with Gasteiger partial charge < -0.3 is 0 Å². The van der Waals surface area contributed by atoms with E-state index in [0.29, 0.717) is 3.83 Å². The molecule has 2 rings (SSSR count). The van der Waals surface area contributed by atoms with Gasteiger partial charge in [0, 0.05) is 0 Å². The van der Waals surface area contributed by atoms with Crippen molar-refractivity contribution in [2.45, 2.75) is 6.92 Å². The molecule has 0 N–H and O–H groups in total. The van der Waals surface area contributed by atoms with Gasteiger partial charge in [0.15, 0.2) is 0 Å². The average molecular weight is 324 g/mol. The number of rotatable bonds is 3. The van der Waals surface area contributed by atoms with Crippen molar-refractivity contribution in [1.82, 2.24) is 0 Å². The molecular formula is C14H12OTe. The molecule has 2 aromatic carbocycles. The van der Waals surface area contributed by atoms with Gasteiger partial charge in [0.05, 0.1) is 0 Å². The van der Waals surface area contributed by atoms with E-state index in [9.17, 15) is 4.79 Å². The molecule has 0 atom stereocenters. The Morgan fingerprint density at radius 1 is 0.938 bits per heavy atom. The average Bonchev–Trinajstić information content (AvgIpc) is 2.33. The maximum absolute atomic E-state index is 12.0. The summed E-state index contributed by atoms with van der Waals surface area (Å²) in [6, 6.07) is 17.8. The number of carbonyl (C=O) groups is 1. The second-order valence-corrected chi connectivity index (χ2v) is 6.55. The van der Waals surface area contributed by atoms with Crippen LogP contribution in [0.4, 0.5) is 0 Å². The van der Waals surface area contributed by atoms with Crippen molar-refractivity contribution in [2.75, 3.05) is 0 Å². The zero-order valence-corrected chi connectivity index (χ0v) is 11.3. The fourth-order valence-corrected chi connectivity index (χ4v) is 3.46. The quantitative estimate of drug-likeness (QED) is 0.791. The van der Waals surface area contributed by atoms with E-state index in [2.05, 4.69) is 31.2 Å². The van der Waals surface area contributed by atoms with Crippen LogP contribution in [0.15, 0.2) is 54.6 Å². The van der Waals surface area contributed by atoms with Crippen LogP contribution in [0.5, 0.6) is 0 Å². The predicted octanol–water partition coefficient (Wildman–Crippen LogP) is 2.16. The Morgan fingerprint density at radius 3 is 2.19 bits per heavy atom. The van der Waals surface area contributed by atoms with E-state index in [0.717, 1.165) is 5.56 Å². The van der Waals surface area contributed by atoms with Crippen molar-refractivity contribution in [3.8, 4) is 0 Å². The molecule has 0 saturated carbocycles. The molecule has 0 fully saturated rings. The number of benzene rings is 2. The standard InChI is InChI=1S/C14H12OTe/c1-11-7-9-13(10-8-11)16-14(15)12-5-3-2-4-6-12/h2-10H,1H3. The third-order valence-corrected chi connectivity index (χ3v) is 4.89. The summed E-state index contributed by atoms with van der Waals surface area (Å²) < 4.78 is 1.50. The van der Waals surface area contributed by atoms with Crippen molar-refractivity contribution in [3.63, 3.8) is 0 Å². The first-order chi connectivity index (χ1) is 7.75. The molecule has 0 heterocycles. The molecule has 0 aliphatic carbocycles. The zero-order chi connectivity index (χ0) is 11.4. The Kier molecular flexibility index (Phi) is 3.77. The van der Waals surface area contributed by atoms with Gasteiger partial charge in [-0.3, -0.25) is 0 Å². The summed E-state index contributed by atoms with van der Waals surface area (Å²) in [5.74, 6) is 0. The van der Waals surface area contributed by atoms with Crippen LogP contribution in [0.1, 0.15) is 15.9 Å². The Labute approximate surface area is 106 Å². The third-order valence-electron chi connectivity index (χ3n) is 2.24. The van der Waals surface area contributed by atoms with Crippen molar-refractivity contribution in [1.29, 1.82) is 0 Å². The molecule has 2 heteroatoms. The second-order valence-electron chi connectivity index (χ2n) is 3.57. The molecular weight excluding hydrogens is 312 g/mol. The van der Waals surface area contributed by atoms with Crippen LogP contribution in [-0.4, -0.2) is 24.8 Å². The van der Waals surface area contributed by atoms with Crippen molar-refractivity contribution in [3.05, 3.63) is 65.7 Å². The number of aryl methyl sites for hydroxylation is 1. The molecule has 16 heavy (non-hydrogen) atoms. The van der Waals surface area contributed by atoms with Crippen LogP contribution < -0.4 is 3.61 Å². The van der Waals surface area contributed by atoms with Gasteiger partial charge in [0.2, 0.25) is 0 Å². The summed E-state index contributed by atoms with van der Waals surface area (Å²) in [7, 11) is 0. The molecule has 0 spiro atoms. The molecule has 0 radical (unpaired) electrons. The molecule has 0 bridgehead atoms. The van der Waals surface area contributed by atoms with Gasteiger partial charge in [0.1, 0.15) is 0 Å². The van der Waals surface area contributed by atoms with Crippen molar-refractivity contribution >= 4 is 28.4 Å². The summed E-state index contributed by atoms with van der Waals surface area (Å²) in [6.07, 6.45) is 0. The van der Waals surface area contributed by atoms with Crippen LogP contribution in [0, 0.1) is 6.92 Å². The van der Waals surface area contributed by atoms with Crippen LogP contribution in [-0.2, 0) is 0 Å². The summed E-state index contributed by atoms with van der Waals surface area (Å²) in [4.78, 5) is 12.0. The van der Waals surface area contributed by atoms with Gasteiger partial charge >= 0.3 is 106 Å². The Morgan fingerprint density at radius 2 is 1.56 bits per heavy atom. The summed E-state index contributed by atoms with van der Waals surface area (Å²) >= 11 is -0.756. The van der Waals surface area contributed by atoms with E-state index in [-0.39, 0.29) is 0 Å². The van der Waals surface area contributed by atoms with Gasteiger partial charge in [-0.1, -0.05) is 0 Å². The molecule has 1 nitrogen and oxygen atoms in total. The van der Waals surface area contributed by atoms with Crippen LogP contribution in [0.25, 0.3) is 0 Å². The zero-order valence-electron chi connectivity index (χ0n) is 9.01. The molecule has 0 unspecified atom stereocenters. The van der Waals surface area contributed by atoms with Crippen molar-refractivity contribution in [2.24, 2.45) is 0 Å². The van der Waals surface area contributed by atoms with E-state index in [1.807, 2.05) is 30.3 Å². The number of carbonyl (C=O) groups excluding carboxylic acids is 1. The van der Waals surface area contributed by atoms with Gasteiger partial charge in [0.25, 0.3) is 0 Å². The first-order valence-electron chi connectivity index (χ1n) is 5.09. The SMILES string of the molecule is Cc1ccc([Te]C(=O)c2ccccc2)cc1. The Hall–Kier alpha value is -1.10. The molecule has 0 aliphatic heterocycles. The van der Waals surface area contributed by atoms with E-state index in [1.54, 1.807) is 0 Å². The molecule has 0 saturated heterocycles. The van der Waals surface area contributed by atoms with Crippen LogP contribution in [0.2, 0.25) is 0 Å². The third kappa shape index (κ3) is 2.95. The second kappa shape index (κ2) is 5.30. The van der Waals surface area contributed by atoms with Gasteiger partial charge in [-0.25, -0.2) is 0 Å². The normalized spacial score (nSPS) is 10.1. The fourth-order valence-electron chi connectivity index (χ4n) is 1.35. The summed E-state index contributed by atoms with van der Waals surface area (Å²) in [5.41, 5.74) is 2.08. The first-order valence-corrected chi connectivity index (χ1v) is 7.42. The van der Waals surface area contributed by atoms with Crippen LogP contribution in [0.3, 0.4) is 0 Å². The Bertz CT molecular complexity index is 474. The van der Waals surface area contributed by atoms with E-state index < -0.39 is 20.9 Å². The fraction of sp³-hybridized carbons (Fsp3) is 0.0714. The number of hydrogen-bond donors (Lipinski definition) is 0. The first kappa shape index (κ1) is 11.4. The molecule has 0 amide bonds. The van der Waals surface area contributed by atoms with Gasteiger partial charge in [-0.15, -0.1) is 0 Å². The molecule has 0 aromatic heterocycles. The maximum atomic E-state index is 12.0. The minimum atomic E-state index is -0.756. The van der Waals surface area contributed by atoms with E-state index >= 15 is 0 Å². The predicted molar refractivity (Wildman–Crippen MR) is 67.3 cm³/mol. The minimum absolute atomic E-state index is 0.301. The summed E-state index contributed by atoms with van der Waals surface area (Å²) in [6.45, 7) is 2.06. The number of hydrogen-bond acceptors (Lipinski definition) is 1. The monoisotopic (exact) mass is 326 g/mol. The molecule has 0 aliphatic rings.